The van der Waals surface area contributed by atoms with Crippen molar-refractivity contribution in [3.05, 3.63) is 53.7 Å². The molecule has 0 bridgehead atoms. The van der Waals surface area contributed by atoms with E-state index in [1.807, 2.05) is 6.07 Å². The van der Waals surface area contributed by atoms with Crippen LogP contribution in [0.1, 0.15) is 29.8 Å². The predicted molar refractivity (Wildman–Crippen MR) is 105 cm³/mol. The molecule has 7 nitrogen and oxygen atoms in total. The summed E-state index contributed by atoms with van der Waals surface area (Å²) in [6, 6.07) is 10.1. The van der Waals surface area contributed by atoms with E-state index in [4.69, 9.17) is 0 Å². The molecule has 0 spiro atoms. The fourth-order valence-corrected chi connectivity index (χ4v) is 4.65. The molecule has 2 aromatic carbocycles. The summed E-state index contributed by atoms with van der Waals surface area (Å²) in [4.78, 5) is 12.8. The molecule has 0 fully saturated rings. The molecule has 0 atom stereocenters. The molecular weight excluding hydrogens is 364 g/mol. The number of aryl methyl sites for hydroxylation is 1. The van der Waals surface area contributed by atoms with Crippen LogP contribution in [0.15, 0.2) is 47.5 Å². The van der Waals surface area contributed by atoms with Gasteiger partial charge in [-0.25, -0.2) is 8.42 Å². The van der Waals surface area contributed by atoms with Gasteiger partial charge in [0.15, 0.2) is 0 Å². The number of hydrogen-bond donors (Lipinski definition) is 2. The van der Waals surface area contributed by atoms with E-state index in [0.717, 1.165) is 10.9 Å². The summed E-state index contributed by atoms with van der Waals surface area (Å²) in [7, 11) is -3.64. The monoisotopic (exact) mass is 386 g/mol. The van der Waals surface area contributed by atoms with E-state index in [9.17, 15) is 13.2 Å². The van der Waals surface area contributed by atoms with Crippen molar-refractivity contribution in [1.29, 1.82) is 0 Å². The third-order valence-corrected chi connectivity index (χ3v) is 6.66. The van der Waals surface area contributed by atoms with Crippen LogP contribution in [0.25, 0.3) is 10.9 Å². The molecule has 27 heavy (non-hydrogen) atoms. The average Bonchev–Trinajstić information content (AvgIpc) is 3.10. The van der Waals surface area contributed by atoms with Crippen LogP contribution >= 0.6 is 0 Å². The maximum absolute atomic E-state index is 12.8. The van der Waals surface area contributed by atoms with E-state index in [1.54, 1.807) is 51.2 Å². The van der Waals surface area contributed by atoms with Crippen LogP contribution in [-0.4, -0.2) is 41.9 Å². The predicted octanol–water partition coefficient (Wildman–Crippen LogP) is 3.15. The number of rotatable bonds is 6. The first-order valence-corrected chi connectivity index (χ1v) is 10.2. The van der Waals surface area contributed by atoms with Crippen LogP contribution in [0.5, 0.6) is 0 Å². The number of nitrogens with zero attached hydrogens (tertiary/aromatic N) is 2. The zero-order valence-electron chi connectivity index (χ0n) is 15.5. The lowest BCUT2D eigenvalue weighted by molar-refractivity contribution is 0.102. The molecule has 0 radical (unpaired) electrons. The van der Waals surface area contributed by atoms with Crippen LogP contribution in [0.3, 0.4) is 0 Å². The molecule has 0 aliphatic heterocycles. The number of aromatic nitrogens is 2. The van der Waals surface area contributed by atoms with Gasteiger partial charge in [-0.3, -0.25) is 9.89 Å². The normalized spacial score (nSPS) is 11.9. The average molecular weight is 386 g/mol. The maximum atomic E-state index is 12.8. The molecule has 3 rings (SSSR count). The van der Waals surface area contributed by atoms with Crippen molar-refractivity contribution in [1.82, 2.24) is 14.5 Å². The molecule has 142 valence electrons. The van der Waals surface area contributed by atoms with E-state index in [2.05, 4.69) is 15.5 Å². The Bertz CT molecular complexity index is 1090. The molecule has 0 unspecified atom stereocenters. The highest BCUT2D eigenvalue weighted by Crippen LogP contribution is 2.23. The summed E-state index contributed by atoms with van der Waals surface area (Å²) in [6.45, 7) is 6.06. The first kappa shape index (κ1) is 19.1. The molecule has 0 saturated carbocycles. The largest absolute Gasteiger partial charge is 0.322 e. The van der Waals surface area contributed by atoms with E-state index >= 15 is 0 Å². The molecule has 0 aliphatic rings. The summed E-state index contributed by atoms with van der Waals surface area (Å²) in [6.07, 6.45) is 1.67. The van der Waals surface area contributed by atoms with Crippen LogP contribution < -0.4 is 5.32 Å². The van der Waals surface area contributed by atoms with Crippen molar-refractivity contribution in [3.63, 3.8) is 0 Å². The fourth-order valence-electron chi connectivity index (χ4n) is 2.95. The standard InChI is InChI=1S/C19H22N4O3S/c1-4-23(5-2)27(25,26)18-11-14(7-6-13(18)3)19(24)21-16-8-9-17-15(10-16)12-20-22-17/h6-12H,4-5H2,1-3H3,(H,20,22)(H,21,24). The van der Waals surface area contributed by atoms with E-state index in [-0.39, 0.29) is 10.8 Å². The van der Waals surface area contributed by atoms with Crippen LogP contribution in [0.2, 0.25) is 0 Å². The van der Waals surface area contributed by atoms with Crippen molar-refractivity contribution >= 4 is 32.5 Å². The van der Waals surface area contributed by atoms with Gasteiger partial charge in [-0.1, -0.05) is 19.9 Å². The second-order valence-electron chi connectivity index (χ2n) is 6.20. The van der Waals surface area contributed by atoms with Crippen molar-refractivity contribution in [2.45, 2.75) is 25.7 Å². The number of amides is 1. The molecule has 1 heterocycles. The number of H-pyrrole nitrogens is 1. The highest BCUT2D eigenvalue weighted by Gasteiger charge is 2.24. The Labute approximate surface area is 158 Å². The van der Waals surface area contributed by atoms with Crippen molar-refractivity contribution < 1.29 is 13.2 Å². The number of hydrogen-bond acceptors (Lipinski definition) is 4. The molecular formula is C19H22N4O3S. The second-order valence-corrected chi connectivity index (χ2v) is 8.10. The molecule has 3 aromatic rings. The zero-order valence-corrected chi connectivity index (χ0v) is 16.3. The number of benzene rings is 2. The second kappa shape index (κ2) is 7.50. The smallest absolute Gasteiger partial charge is 0.255 e. The lowest BCUT2D eigenvalue weighted by Crippen LogP contribution is -2.31. The molecule has 1 aromatic heterocycles. The number of sulfonamides is 1. The summed E-state index contributed by atoms with van der Waals surface area (Å²) < 4.78 is 27.1. The zero-order chi connectivity index (χ0) is 19.6. The first-order chi connectivity index (χ1) is 12.9. The van der Waals surface area contributed by atoms with Gasteiger partial charge in [0.25, 0.3) is 5.91 Å². The fraction of sp³-hybridized carbons (Fsp3) is 0.263. The molecule has 0 saturated heterocycles. The highest BCUT2D eigenvalue weighted by molar-refractivity contribution is 7.89. The van der Waals surface area contributed by atoms with Gasteiger partial charge in [0, 0.05) is 29.7 Å². The van der Waals surface area contributed by atoms with Gasteiger partial charge < -0.3 is 5.32 Å². The quantitative estimate of drug-likeness (QED) is 0.680. The Morgan fingerprint density at radius 1 is 1.15 bits per heavy atom. The molecule has 8 heteroatoms. The highest BCUT2D eigenvalue weighted by atomic mass is 32.2. The van der Waals surface area contributed by atoms with E-state index in [0.29, 0.717) is 29.9 Å². The van der Waals surface area contributed by atoms with Gasteiger partial charge in [-0.05, 0) is 42.8 Å². The van der Waals surface area contributed by atoms with Crippen molar-refractivity contribution in [2.75, 3.05) is 18.4 Å². The molecule has 1 amide bonds. The minimum absolute atomic E-state index is 0.157. The van der Waals surface area contributed by atoms with Crippen LogP contribution in [0.4, 0.5) is 5.69 Å². The van der Waals surface area contributed by atoms with Crippen LogP contribution in [0, 0.1) is 6.92 Å². The van der Waals surface area contributed by atoms with Gasteiger partial charge in [-0.2, -0.15) is 9.40 Å². The maximum Gasteiger partial charge on any atom is 0.255 e. The Morgan fingerprint density at radius 2 is 1.89 bits per heavy atom. The van der Waals surface area contributed by atoms with Gasteiger partial charge in [-0.15, -0.1) is 0 Å². The lowest BCUT2D eigenvalue weighted by atomic mass is 10.1. The Kier molecular flexibility index (Phi) is 5.29. The van der Waals surface area contributed by atoms with Gasteiger partial charge in [0.2, 0.25) is 10.0 Å². The summed E-state index contributed by atoms with van der Waals surface area (Å²) >= 11 is 0. The molecule has 2 N–H and O–H groups in total. The Hall–Kier alpha value is -2.71. The number of nitrogens with one attached hydrogen (secondary N) is 2. The van der Waals surface area contributed by atoms with Gasteiger partial charge >= 0.3 is 0 Å². The minimum atomic E-state index is -3.64. The third-order valence-electron chi connectivity index (χ3n) is 4.47. The number of aromatic amines is 1. The summed E-state index contributed by atoms with van der Waals surface area (Å²) in [5.74, 6) is -0.367. The summed E-state index contributed by atoms with van der Waals surface area (Å²) in [5, 5.41) is 10.5. The minimum Gasteiger partial charge on any atom is -0.322 e. The summed E-state index contributed by atoms with van der Waals surface area (Å²) in [5.41, 5.74) is 2.38. The van der Waals surface area contributed by atoms with E-state index < -0.39 is 10.0 Å². The Balaban J connectivity index is 1.91. The van der Waals surface area contributed by atoms with E-state index in [1.165, 1.54) is 10.4 Å². The Morgan fingerprint density at radius 3 is 2.59 bits per heavy atom. The number of carbonyl (C=O) groups excluding carboxylic acids is 1. The number of fused-ring (bicyclic) bond motifs is 1. The molecule has 0 aliphatic carbocycles. The lowest BCUT2D eigenvalue weighted by Gasteiger charge is -2.20. The topological polar surface area (TPSA) is 95.2 Å². The van der Waals surface area contributed by atoms with Gasteiger partial charge in [0.05, 0.1) is 16.6 Å². The number of carbonyl (C=O) groups is 1. The first-order valence-electron chi connectivity index (χ1n) is 8.72. The van der Waals surface area contributed by atoms with Crippen molar-refractivity contribution in [2.24, 2.45) is 0 Å². The third kappa shape index (κ3) is 3.72. The number of anilines is 1. The van der Waals surface area contributed by atoms with Crippen molar-refractivity contribution in [3.8, 4) is 0 Å². The van der Waals surface area contributed by atoms with Crippen LogP contribution in [-0.2, 0) is 10.0 Å². The van der Waals surface area contributed by atoms with Gasteiger partial charge in [0.1, 0.15) is 0 Å². The SMILES string of the molecule is CCN(CC)S(=O)(=O)c1cc(C(=O)Nc2ccc3[nH]ncc3c2)ccc1C.